The van der Waals surface area contributed by atoms with Gasteiger partial charge in [-0.05, 0) is 42.9 Å². The van der Waals surface area contributed by atoms with Crippen LogP contribution in [0.3, 0.4) is 0 Å². The van der Waals surface area contributed by atoms with Gasteiger partial charge in [0.15, 0.2) is 0 Å². The average molecular weight is 519 g/mol. The maximum absolute atomic E-state index is 13.2. The molecule has 4 rings (SSSR count). The summed E-state index contributed by atoms with van der Waals surface area (Å²) in [5.74, 6) is -3.89. The molecule has 2 heterocycles. The molecule has 13 heteroatoms. The van der Waals surface area contributed by atoms with E-state index in [4.69, 9.17) is 4.42 Å². The lowest BCUT2D eigenvalue weighted by Gasteiger charge is -2.20. The van der Waals surface area contributed by atoms with Crippen LogP contribution in [0.5, 0.6) is 0 Å². The van der Waals surface area contributed by atoms with Crippen molar-refractivity contribution in [3.8, 4) is 22.7 Å². The van der Waals surface area contributed by atoms with Crippen LogP contribution >= 0.6 is 0 Å². The number of carboxylic acids is 1. The summed E-state index contributed by atoms with van der Waals surface area (Å²) >= 11 is 0. The summed E-state index contributed by atoms with van der Waals surface area (Å²) in [5, 5.41) is 20.2. The van der Waals surface area contributed by atoms with Crippen LogP contribution in [0.25, 0.3) is 22.7 Å². The second-order valence-electron chi connectivity index (χ2n) is 9.14. The number of H-pyrrole nitrogens is 1. The highest BCUT2D eigenvalue weighted by atomic mass is 19.4. The summed E-state index contributed by atoms with van der Waals surface area (Å²) in [6, 6.07) is 4.90. The topological polar surface area (TPSA) is 150 Å². The second-order valence-corrected chi connectivity index (χ2v) is 9.14. The number of alkyl halides is 3. The zero-order valence-electron chi connectivity index (χ0n) is 19.8. The standard InChI is InChI=1S/C24H24F3N5O5/c1-11(2)18(23(35)36)29-21(34)17-10-28-22(37-17)14-5-3-4-13(8-14)15-9-16(32-31-15)20(33)30-19(12-6-7-12)24(25,26)27/h3-5,8-12,18-19H,6-7H2,1-2H3,(H,29,34)(H,30,33)(H,31,32)(H,35,36)/t18-,19?/m0/s1. The molecule has 1 aromatic carbocycles. The molecule has 0 spiro atoms. The van der Waals surface area contributed by atoms with Crippen LogP contribution in [0, 0.1) is 11.8 Å². The smallest absolute Gasteiger partial charge is 0.408 e. The van der Waals surface area contributed by atoms with Crippen molar-refractivity contribution in [2.75, 3.05) is 0 Å². The first kappa shape index (κ1) is 25.9. The molecule has 1 saturated carbocycles. The third kappa shape index (κ3) is 5.98. The lowest BCUT2D eigenvalue weighted by Crippen LogP contribution is -2.47. The average Bonchev–Trinajstić information content (AvgIpc) is 3.32. The lowest BCUT2D eigenvalue weighted by molar-refractivity contribution is -0.158. The van der Waals surface area contributed by atoms with Crippen molar-refractivity contribution in [3.05, 3.63) is 48.0 Å². The van der Waals surface area contributed by atoms with E-state index in [0.717, 1.165) is 0 Å². The van der Waals surface area contributed by atoms with Crippen molar-refractivity contribution in [2.24, 2.45) is 11.8 Å². The highest BCUT2D eigenvalue weighted by Crippen LogP contribution is 2.40. The molecular weight excluding hydrogens is 495 g/mol. The van der Waals surface area contributed by atoms with E-state index in [1.165, 1.54) is 12.3 Å². The molecule has 1 fully saturated rings. The number of carboxylic acid groups (broad SMARTS) is 1. The summed E-state index contributed by atoms with van der Waals surface area (Å²) in [5.41, 5.74) is 1.14. The molecule has 1 aliphatic carbocycles. The Balaban J connectivity index is 1.48. The molecule has 196 valence electrons. The zero-order chi connectivity index (χ0) is 26.9. The Hall–Kier alpha value is -4.16. The number of halogens is 3. The van der Waals surface area contributed by atoms with Gasteiger partial charge in [-0.15, -0.1) is 0 Å². The minimum Gasteiger partial charge on any atom is -0.480 e. The van der Waals surface area contributed by atoms with Gasteiger partial charge >= 0.3 is 12.1 Å². The number of aromatic nitrogens is 3. The third-order valence-corrected chi connectivity index (χ3v) is 5.91. The molecule has 0 saturated heterocycles. The molecule has 0 bridgehead atoms. The van der Waals surface area contributed by atoms with E-state index in [2.05, 4.69) is 20.5 Å². The van der Waals surface area contributed by atoms with E-state index in [9.17, 15) is 32.7 Å². The Labute approximate surface area is 208 Å². The predicted octanol–water partition coefficient (Wildman–Crippen LogP) is 3.64. The number of rotatable bonds is 9. The highest BCUT2D eigenvalue weighted by Gasteiger charge is 2.49. The fraction of sp³-hybridized carbons (Fsp3) is 0.375. The number of carbonyl (C=O) groups is 3. The predicted molar refractivity (Wildman–Crippen MR) is 123 cm³/mol. The van der Waals surface area contributed by atoms with Crippen molar-refractivity contribution >= 4 is 17.8 Å². The van der Waals surface area contributed by atoms with Gasteiger partial charge in [0, 0.05) is 11.1 Å². The molecule has 2 atom stereocenters. The Morgan fingerprint density at radius 1 is 1.11 bits per heavy atom. The van der Waals surface area contributed by atoms with Crippen LogP contribution in [0.4, 0.5) is 13.2 Å². The summed E-state index contributed by atoms with van der Waals surface area (Å²) in [6.07, 6.45) is -2.55. The van der Waals surface area contributed by atoms with E-state index in [1.54, 1.807) is 38.1 Å². The van der Waals surface area contributed by atoms with Crippen LogP contribution in [0.1, 0.15) is 47.7 Å². The largest absolute Gasteiger partial charge is 0.480 e. The van der Waals surface area contributed by atoms with Crippen LogP contribution in [0.2, 0.25) is 0 Å². The normalized spacial score (nSPS) is 15.3. The minimum absolute atomic E-state index is 0.0781. The molecule has 1 unspecified atom stereocenters. The first-order valence-corrected chi connectivity index (χ1v) is 11.5. The van der Waals surface area contributed by atoms with E-state index in [-0.39, 0.29) is 23.3 Å². The Bertz CT molecular complexity index is 1310. The third-order valence-electron chi connectivity index (χ3n) is 5.91. The van der Waals surface area contributed by atoms with Crippen LogP contribution < -0.4 is 10.6 Å². The number of aliphatic carboxylic acids is 1. The molecule has 3 aromatic rings. The molecule has 2 aromatic heterocycles. The molecular formula is C24H24F3N5O5. The SMILES string of the molecule is CC(C)[C@H](NC(=O)c1cnc(-c2cccc(-c3cc(C(=O)NC(C4CC4)C(F)(F)F)[nH]n3)c2)o1)C(=O)O. The number of hydrogen-bond acceptors (Lipinski definition) is 6. The Kier molecular flexibility index (Phi) is 7.05. The van der Waals surface area contributed by atoms with E-state index >= 15 is 0 Å². The van der Waals surface area contributed by atoms with Crippen molar-refractivity contribution in [1.29, 1.82) is 0 Å². The Morgan fingerprint density at radius 3 is 2.43 bits per heavy atom. The Morgan fingerprint density at radius 2 is 1.81 bits per heavy atom. The number of aromatic amines is 1. The number of oxazole rings is 1. The van der Waals surface area contributed by atoms with Gasteiger partial charge in [0.1, 0.15) is 17.8 Å². The number of benzene rings is 1. The minimum atomic E-state index is -4.54. The van der Waals surface area contributed by atoms with Crippen molar-refractivity contribution < 1.29 is 37.1 Å². The van der Waals surface area contributed by atoms with Gasteiger partial charge in [-0.25, -0.2) is 9.78 Å². The van der Waals surface area contributed by atoms with Gasteiger partial charge in [-0.2, -0.15) is 18.3 Å². The highest BCUT2D eigenvalue weighted by molar-refractivity contribution is 5.95. The second kappa shape index (κ2) is 10.1. The quantitative estimate of drug-likeness (QED) is 0.337. The number of carbonyl (C=O) groups excluding carboxylic acids is 2. The summed E-state index contributed by atoms with van der Waals surface area (Å²) in [6.45, 7) is 3.31. The summed E-state index contributed by atoms with van der Waals surface area (Å²) in [7, 11) is 0. The fourth-order valence-corrected chi connectivity index (χ4v) is 3.75. The van der Waals surface area contributed by atoms with Crippen LogP contribution in [-0.2, 0) is 4.79 Å². The maximum Gasteiger partial charge on any atom is 0.408 e. The molecule has 37 heavy (non-hydrogen) atoms. The van der Waals surface area contributed by atoms with E-state index in [1.807, 2.05) is 5.32 Å². The van der Waals surface area contributed by atoms with Crippen LogP contribution in [0.15, 0.2) is 40.9 Å². The van der Waals surface area contributed by atoms with Crippen LogP contribution in [-0.4, -0.2) is 56.3 Å². The molecule has 1 aliphatic rings. The van der Waals surface area contributed by atoms with Gasteiger partial charge < -0.3 is 20.2 Å². The maximum atomic E-state index is 13.2. The molecule has 0 aliphatic heterocycles. The van der Waals surface area contributed by atoms with E-state index < -0.39 is 42.0 Å². The number of amides is 2. The monoisotopic (exact) mass is 519 g/mol. The molecule has 10 nitrogen and oxygen atoms in total. The molecule has 0 radical (unpaired) electrons. The van der Waals surface area contributed by atoms with Crippen molar-refractivity contribution in [3.63, 3.8) is 0 Å². The van der Waals surface area contributed by atoms with Crippen molar-refractivity contribution in [1.82, 2.24) is 25.8 Å². The summed E-state index contributed by atoms with van der Waals surface area (Å²) < 4.78 is 45.2. The van der Waals surface area contributed by atoms with Gasteiger partial charge in [0.25, 0.3) is 11.8 Å². The van der Waals surface area contributed by atoms with Gasteiger partial charge in [-0.3, -0.25) is 14.7 Å². The first-order valence-electron chi connectivity index (χ1n) is 11.5. The van der Waals surface area contributed by atoms with Gasteiger partial charge in [-0.1, -0.05) is 26.0 Å². The number of hydrogen-bond donors (Lipinski definition) is 4. The van der Waals surface area contributed by atoms with Gasteiger partial charge in [0.2, 0.25) is 11.7 Å². The lowest BCUT2D eigenvalue weighted by atomic mass is 10.0. The summed E-state index contributed by atoms with van der Waals surface area (Å²) in [4.78, 5) is 40.2. The van der Waals surface area contributed by atoms with Gasteiger partial charge in [0.05, 0.1) is 11.9 Å². The fourth-order valence-electron chi connectivity index (χ4n) is 3.75. The van der Waals surface area contributed by atoms with Crippen molar-refractivity contribution in [2.45, 2.75) is 44.9 Å². The number of nitrogens with one attached hydrogen (secondary N) is 3. The molecule has 4 N–H and O–H groups in total. The van der Waals surface area contributed by atoms with E-state index in [0.29, 0.717) is 29.7 Å². The number of nitrogens with zero attached hydrogens (tertiary/aromatic N) is 2. The molecule has 2 amide bonds. The zero-order valence-corrected chi connectivity index (χ0v) is 19.8. The first-order chi connectivity index (χ1) is 17.4.